The molecule has 5 nitrogen and oxygen atoms in total. The summed E-state index contributed by atoms with van der Waals surface area (Å²) < 4.78 is 48.1. The quantitative estimate of drug-likeness (QED) is 0.159. The number of nitrogens with one attached hydrogen (secondary N) is 1. The fourth-order valence-corrected chi connectivity index (χ4v) is 8.34. The number of likely N-dealkylation sites (tertiary alicyclic amines) is 2. The Morgan fingerprint density at radius 3 is 1.41 bits per heavy atom. The minimum absolute atomic E-state index is 0.0533. The van der Waals surface area contributed by atoms with Crippen LogP contribution in [0.2, 0.25) is 0 Å². The standard InChI is InChI=1S/C43H42F3N3O2/c1-43(47-42(50)51-37-22-20-36(46)21-23-37,40-28-48(24-30-8-4-2-5-9-30)26-38(40)32-12-16-34(44)17-13-32)41-29-49(25-31-10-6-3-7-11-31)27-39(41)33-14-18-35(45)19-15-33/h2-23,38-41H,24-29H2,1H3,(H,47,50)/t38-,39-,40+,41+/m0/s1. The summed E-state index contributed by atoms with van der Waals surface area (Å²) in [6.07, 6.45) is -0.636. The van der Waals surface area contributed by atoms with Crippen LogP contribution in [0, 0.1) is 29.3 Å². The second-order valence-electron chi connectivity index (χ2n) is 14.1. The first-order chi connectivity index (χ1) is 24.7. The van der Waals surface area contributed by atoms with Crippen LogP contribution in [0.5, 0.6) is 5.75 Å². The lowest BCUT2D eigenvalue weighted by molar-refractivity contribution is 0.114. The molecule has 262 valence electrons. The van der Waals surface area contributed by atoms with Gasteiger partial charge in [0.25, 0.3) is 0 Å². The SMILES string of the molecule is CC(NC(=O)Oc1ccc(F)cc1)([C@@H]1CN(Cc2ccccc2)C[C@H]1c1ccc(F)cc1)[C@@H]1CN(Cc2ccccc2)C[C@H]1c1ccc(F)cc1. The van der Waals surface area contributed by atoms with Crippen molar-refractivity contribution in [2.24, 2.45) is 11.8 Å². The summed E-state index contributed by atoms with van der Waals surface area (Å²) in [7, 11) is 0. The van der Waals surface area contributed by atoms with Gasteiger partial charge in [-0.1, -0.05) is 84.9 Å². The molecule has 2 aliphatic heterocycles. The van der Waals surface area contributed by atoms with E-state index in [4.69, 9.17) is 4.74 Å². The molecule has 1 amide bonds. The second kappa shape index (κ2) is 15.1. The highest BCUT2D eigenvalue weighted by molar-refractivity contribution is 5.71. The molecule has 7 rings (SSSR count). The number of hydrogen-bond acceptors (Lipinski definition) is 4. The van der Waals surface area contributed by atoms with E-state index in [1.165, 1.54) is 59.7 Å². The normalized spacial score (nSPS) is 21.1. The Morgan fingerprint density at radius 2 is 1.00 bits per heavy atom. The average Bonchev–Trinajstić information content (AvgIpc) is 3.76. The van der Waals surface area contributed by atoms with Crippen LogP contribution in [0.4, 0.5) is 18.0 Å². The lowest BCUT2D eigenvalue weighted by Crippen LogP contribution is -2.60. The van der Waals surface area contributed by atoms with E-state index in [1.54, 1.807) is 0 Å². The van der Waals surface area contributed by atoms with Crippen molar-refractivity contribution in [3.05, 3.63) is 173 Å². The van der Waals surface area contributed by atoms with Crippen LogP contribution in [0.25, 0.3) is 0 Å². The van der Waals surface area contributed by atoms with Gasteiger partial charge in [-0.25, -0.2) is 18.0 Å². The highest BCUT2D eigenvalue weighted by Crippen LogP contribution is 2.49. The van der Waals surface area contributed by atoms with Gasteiger partial charge in [0.1, 0.15) is 23.2 Å². The molecule has 4 atom stereocenters. The summed E-state index contributed by atoms with van der Waals surface area (Å²) in [5, 5.41) is 3.38. The summed E-state index contributed by atoms with van der Waals surface area (Å²) in [4.78, 5) is 18.8. The van der Waals surface area contributed by atoms with Gasteiger partial charge in [-0.05, 0) is 77.7 Å². The number of carbonyl (C=O) groups is 1. The van der Waals surface area contributed by atoms with Crippen molar-refractivity contribution in [3.63, 3.8) is 0 Å². The lowest BCUT2D eigenvalue weighted by atomic mass is 9.65. The molecule has 51 heavy (non-hydrogen) atoms. The predicted molar refractivity (Wildman–Crippen MR) is 193 cm³/mol. The molecule has 5 aromatic rings. The van der Waals surface area contributed by atoms with Crippen LogP contribution in [-0.4, -0.2) is 47.6 Å². The first-order valence-electron chi connectivity index (χ1n) is 17.5. The Hall–Kier alpha value is -4.92. The van der Waals surface area contributed by atoms with E-state index in [0.717, 1.165) is 24.2 Å². The molecule has 0 unspecified atom stereocenters. The molecule has 2 fully saturated rings. The van der Waals surface area contributed by atoms with Gasteiger partial charge in [-0.2, -0.15) is 0 Å². The smallest absolute Gasteiger partial charge is 0.410 e. The summed E-state index contributed by atoms with van der Waals surface area (Å²) in [6.45, 7) is 6.29. The zero-order valence-corrected chi connectivity index (χ0v) is 28.6. The Labute approximate surface area is 297 Å². The van der Waals surface area contributed by atoms with Crippen molar-refractivity contribution in [1.29, 1.82) is 0 Å². The fourth-order valence-electron chi connectivity index (χ4n) is 8.34. The Morgan fingerprint density at radius 1 is 0.608 bits per heavy atom. The molecule has 0 aliphatic carbocycles. The Balaban J connectivity index is 1.30. The topological polar surface area (TPSA) is 44.8 Å². The summed E-state index contributed by atoms with van der Waals surface area (Å²) >= 11 is 0. The van der Waals surface area contributed by atoms with Gasteiger partial charge in [0.15, 0.2) is 0 Å². The third kappa shape index (κ3) is 8.03. The highest BCUT2D eigenvalue weighted by Gasteiger charge is 2.55. The Kier molecular flexibility index (Phi) is 10.2. The van der Waals surface area contributed by atoms with Crippen LogP contribution in [0.15, 0.2) is 133 Å². The van der Waals surface area contributed by atoms with Crippen molar-refractivity contribution < 1.29 is 22.7 Å². The number of benzene rings is 5. The predicted octanol–water partition coefficient (Wildman–Crippen LogP) is 8.78. The first-order valence-corrected chi connectivity index (χ1v) is 17.5. The van der Waals surface area contributed by atoms with Crippen molar-refractivity contribution in [2.45, 2.75) is 37.4 Å². The molecule has 2 heterocycles. The number of amides is 1. The summed E-state index contributed by atoms with van der Waals surface area (Å²) in [5.41, 5.74) is 3.48. The minimum atomic E-state index is -0.869. The van der Waals surface area contributed by atoms with Crippen LogP contribution in [-0.2, 0) is 13.1 Å². The Bertz CT molecular complexity index is 1780. The van der Waals surface area contributed by atoms with Crippen LogP contribution in [0.3, 0.4) is 0 Å². The number of hydrogen-bond donors (Lipinski definition) is 1. The fraction of sp³-hybridized carbons (Fsp3) is 0.279. The molecule has 0 radical (unpaired) electrons. The molecule has 0 bridgehead atoms. The maximum Gasteiger partial charge on any atom is 0.413 e. The average molecular weight is 690 g/mol. The number of halogens is 3. The zero-order valence-electron chi connectivity index (χ0n) is 28.6. The van der Waals surface area contributed by atoms with Crippen LogP contribution >= 0.6 is 0 Å². The van der Waals surface area contributed by atoms with E-state index in [2.05, 4.69) is 46.3 Å². The number of nitrogens with zero attached hydrogens (tertiary/aromatic N) is 2. The van der Waals surface area contributed by atoms with Crippen LogP contribution < -0.4 is 10.1 Å². The van der Waals surface area contributed by atoms with E-state index in [1.807, 2.05) is 60.7 Å². The number of carbonyl (C=O) groups excluding carboxylic acids is 1. The molecular formula is C43H42F3N3O2. The van der Waals surface area contributed by atoms with Gasteiger partial charge in [0.05, 0.1) is 0 Å². The third-order valence-electron chi connectivity index (χ3n) is 10.8. The maximum atomic E-state index is 14.3. The largest absolute Gasteiger partial charge is 0.413 e. The molecule has 2 saturated heterocycles. The molecule has 5 aromatic carbocycles. The summed E-state index contributed by atoms with van der Waals surface area (Å²) in [5.74, 6) is -1.16. The molecule has 0 saturated carbocycles. The second-order valence-corrected chi connectivity index (χ2v) is 14.1. The lowest BCUT2D eigenvalue weighted by Gasteiger charge is -2.45. The summed E-state index contributed by atoms with van der Waals surface area (Å²) in [6, 6.07) is 39.4. The van der Waals surface area contributed by atoms with Gasteiger partial charge in [0, 0.05) is 68.5 Å². The van der Waals surface area contributed by atoms with Crippen molar-refractivity contribution in [1.82, 2.24) is 15.1 Å². The van der Waals surface area contributed by atoms with Gasteiger partial charge in [0.2, 0.25) is 0 Å². The van der Waals surface area contributed by atoms with E-state index in [9.17, 15) is 18.0 Å². The molecular weight excluding hydrogens is 647 g/mol. The number of rotatable bonds is 10. The van der Waals surface area contributed by atoms with Crippen LogP contribution in [0.1, 0.15) is 41.0 Å². The molecule has 0 spiro atoms. The van der Waals surface area contributed by atoms with Gasteiger partial charge < -0.3 is 10.1 Å². The van der Waals surface area contributed by atoms with Gasteiger partial charge in [-0.15, -0.1) is 0 Å². The van der Waals surface area contributed by atoms with E-state index in [0.29, 0.717) is 26.2 Å². The zero-order chi connectivity index (χ0) is 35.4. The molecule has 8 heteroatoms. The van der Waals surface area contributed by atoms with Gasteiger partial charge >= 0.3 is 6.09 Å². The van der Waals surface area contributed by atoms with E-state index < -0.39 is 17.4 Å². The van der Waals surface area contributed by atoms with Crippen molar-refractivity contribution >= 4 is 6.09 Å². The van der Waals surface area contributed by atoms with Crippen molar-refractivity contribution in [3.8, 4) is 5.75 Å². The molecule has 2 aliphatic rings. The van der Waals surface area contributed by atoms with E-state index >= 15 is 0 Å². The third-order valence-corrected chi connectivity index (χ3v) is 10.8. The molecule has 1 N–H and O–H groups in total. The monoisotopic (exact) mass is 689 g/mol. The maximum absolute atomic E-state index is 14.3. The molecule has 0 aromatic heterocycles. The van der Waals surface area contributed by atoms with E-state index in [-0.39, 0.29) is 41.1 Å². The highest BCUT2D eigenvalue weighted by atomic mass is 19.1. The number of ether oxygens (including phenoxy) is 1. The van der Waals surface area contributed by atoms with Gasteiger partial charge in [-0.3, -0.25) is 9.80 Å². The first kappa shape index (κ1) is 34.5. The minimum Gasteiger partial charge on any atom is -0.410 e. The van der Waals surface area contributed by atoms with Crippen molar-refractivity contribution in [2.75, 3.05) is 26.2 Å².